The highest BCUT2D eigenvalue weighted by atomic mass is 16.4. The van der Waals surface area contributed by atoms with Gasteiger partial charge in [-0.1, -0.05) is 0 Å². The van der Waals surface area contributed by atoms with Gasteiger partial charge in [0.25, 0.3) is 0 Å². The van der Waals surface area contributed by atoms with Crippen molar-refractivity contribution in [3.05, 3.63) is 12.4 Å². The van der Waals surface area contributed by atoms with Crippen LogP contribution in [-0.2, 0) is 16.1 Å². The van der Waals surface area contributed by atoms with E-state index in [4.69, 9.17) is 5.11 Å². The SMILES string of the molecule is CCn1cc(NC(=O)C2(C(=O)O)CC2)cn1. The smallest absolute Gasteiger partial charge is 0.319 e. The summed E-state index contributed by atoms with van der Waals surface area (Å²) in [6, 6.07) is 0. The molecule has 6 nitrogen and oxygen atoms in total. The molecule has 6 heteroatoms. The molecule has 86 valence electrons. The standard InChI is InChI=1S/C10H13N3O3/c1-2-13-6-7(5-11-13)12-8(14)10(3-4-10)9(15)16/h5-6H,2-4H2,1H3,(H,12,14)(H,15,16). The minimum atomic E-state index is -1.20. The monoisotopic (exact) mass is 223 g/mol. The lowest BCUT2D eigenvalue weighted by Crippen LogP contribution is -2.31. The van der Waals surface area contributed by atoms with Crippen molar-refractivity contribution in [2.45, 2.75) is 26.3 Å². The van der Waals surface area contributed by atoms with Crippen LogP contribution < -0.4 is 5.32 Å². The third-order valence-electron chi connectivity index (χ3n) is 2.81. The lowest BCUT2D eigenvalue weighted by atomic mass is 10.1. The van der Waals surface area contributed by atoms with Crippen molar-refractivity contribution in [1.29, 1.82) is 0 Å². The van der Waals surface area contributed by atoms with Crippen LogP contribution in [0.15, 0.2) is 12.4 Å². The number of carboxylic acids is 1. The van der Waals surface area contributed by atoms with Crippen LogP contribution in [0, 0.1) is 5.41 Å². The van der Waals surface area contributed by atoms with Gasteiger partial charge in [-0.3, -0.25) is 14.3 Å². The van der Waals surface area contributed by atoms with Gasteiger partial charge in [0.2, 0.25) is 5.91 Å². The van der Waals surface area contributed by atoms with Crippen LogP contribution in [0.5, 0.6) is 0 Å². The first-order valence-electron chi connectivity index (χ1n) is 5.16. The Bertz CT molecular complexity index is 434. The summed E-state index contributed by atoms with van der Waals surface area (Å²) in [5.74, 6) is -1.50. The van der Waals surface area contributed by atoms with Gasteiger partial charge in [0.05, 0.1) is 11.9 Å². The van der Waals surface area contributed by atoms with Crippen LogP contribution in [0.1, 0.15) is 19.8 Å². The summed E-state index contributed by atoms with van der Waals surface area (Å²) in [4.78, 5) is 22.6. The Labute approximate surface area is 92.3 Å². The summed E-state index contributed by atoms with van der Waals surface area (Å²) in [7, 11) is 0. The van der Waals surface area contributed by atoms with E-state index in [2.05, 4.69) is 10.4 Å². The highest BCUT2D eigenvalue weighted by Gasteiger charge is 2.57. The number of rotatable bonds is 4. The van der Waals surface area contributed by atoms with E-state index in [0.29, 0.717) is 25.1 Å². The number of hydrogen-bond acceptors (Lipinski definition) is 3. The number of aliphatic carboxylic acids is 1. The van der Waals surface area contributed by atoms with Crippen molar-refractivity contribution in [1.82, 2.24) is 9.78 Å². The topological polar surface area (TPSA) is 84.2 Å². The van der Waals surface area contributed by atoms with Crippen LogP contribution in [0.4, 0.5) is 5.69 Å². The van der Waals surface area contributed by atoms with Crippen molar-refractivity contribution < 1.29 is 14.7 Å². The number of carbonyl (C=O) groups excluding carboxylic acids is 1. The summed E-state index contributed by atoms with van der Waals surface area (Å²) >= 11 is 0. The Kier molecular flexibility index (Phi) is 2.41. The molecule has 0 radical (unpaired) electrons. The quantitative estimate of drug-likeness (QED) is 0.736. The van der Waals surface area contributed by atoms with Gasteiger partial charge >= 0.3 is 5.97 Å². The number of nitrogens with zero attached hydrogens (tertiary/aromatic N) is 2. The van der Waals surface area contributed by atoms with E-state index >= 15 is 0 Å². The highest BCUT2D eigenvalue weighted by molar-refractivity contribution is 6.10. The van der Waals surface area contributed by atoms with Crippen molar-refractivity contribution in [3.63, 3.8) is 0 Å². The summed E-state index contributed by atoms with van der Waals surface area (Å²) in [6.45, 7) is 2.64. The molecule has 1 aromatic heterocycles. The van der Waals surface area contributed by atoms with E-state index in [1.54, 1.807) is 10.9 Å². The fraction of sp³-hybridized carbons (Fsp3) is 0.500. The molecule has 0 saturated heterocycles. The maximum Gasteiger partial charge on any atom is 0.319 e. The maximum atomic E-state index is 11.7. The highest BCUT2D eigenvalue weighted by Crippen LogP contribution is 2.46. The van der Waals surface area contributed by atoms with Crippen molar-refractivity contribution in [2.24, 2.45) is 5.41 Å². The number of aryl methyl sites for hydroxylation is 1. The average molecular weight is 223 g/mol. The number of anilines is 1. The molecule has 0 atom stereocenters. The molecule has 2 rings (SSSR count). The zero-order chi connectivity index (χ0) is 11.8. The molecule has 0 bridgehead atoms. The second kappa shape index (κ2) is 3.62. The zero-order valence-electron chi connectivity index (χ0n) is 8.93. The Morgan fingerprint density at radius 3 is 2.75 bits per heavy atom. The maximum absolute atomic E-state index is 11.7. The second-order valence-corrected chi connectivity index (χ2v) is 3.93. The molecule has 0 aliphatic heterocycles. The number of amides is 1. The first-order chi connectivity index (χ1) is 7.58. The van der Waals surface area contributed by atoms with Crippen LogP contribution >= 0.6 is 0 Å². The van der Waals surface area contributed by atoms with Crippen LogP contribution in [0.3, 0.4) is 0 Å². The van der Waals surface area contributed by atoms with Gasteiger partial charge in [0, 0.05) is 12.7 Å². The van der Waals surface area contributed by atoms with Gasteiger partial charge in [-0.15, -0.1) is 0 Å². The van der Waals surface area contributed by atoms with Crippen LogP contribution in [0.25, 0.3) is 0 Å². The Morgan fingerprint density at radius 2 is 2.31 bits per heavy atom. The molecule has 1 aromatic rings. The number of carboxylic acid groups (broad SMARTS) is 1. The summed E-state index contributed by atoms with van der Waals surface area (Å²) in [5, 5.41) is 15.5. The van der Waals surface area contributed by atoms with Gasteiger partial charge in [0.15, 0.2) is 0 Å². The number of carbonyl (C=O) groups is 2. The number of aromatic nitrogens is 2. The summed E-state index contributed by atoms with van der Waals surface area (Å²) < 4.78 is 1.66. The molecule has 1 aliphatic rings. The fourth-order valence-corrected chi connectivity index (χ4v) is 1.51. The van der Waals surface area contributed by atoms with E-state index in [-0.39, 0.29) is 0 Å². The molecule has 1 aliphatic carbocycles. The molecular weight excluding hydrogens is 210 g/mol. The normalized spacial score (nSPS) is 16.8. The van der Waals surface area contributed by atoms with Crippen molar-refractivity contribution in [3.8, 4) is 0 Å². The molecule has 1 heterocycles. The first-order valence-corrected chi connectivity index (χ1v) is 5.16. The summed E-state index contributed by atoms with van der Waals surface area (Å²) in [5.41, 5.74) is -0.659. The molecule has 2 N–H and O–H groups in total. The van der Waals surface area contributed by atoms with Gasteiger partial charge in [-0.05, 0) is 19.8 Å². The Balaban J connectivity index is 2.05. The molecule has 1 saturated carbocycles. The fourth-order valence-electron chi connectivity index (χ4n) is 1.51. The largest absolute Gasteiger partial charge is 0.480 e. The number of nitrogens with one attached hydrogen (secondary N) is 1. The lowest BCUT2D eigenvalue weighted by Gasteiger charge is -2.08. The van der Waals surface area contributed by atoms with E-state index in [9.17, 15) is 9.59 Å². The Hall–Kier alpha value is -1.85. The third-order valence-corrected chi connectivity index (χ3v) is 2.81. The minimum absolute atomic E-state index is 0.413. The molecule has 16 heavy (non-hydrogen) atoms. The van der Waals surface area contributed by atoms with Crippen LogP contribution in [-0.4, -0.2) is 26.8 Å². The van der Waals surface area contributed by atoms with Gasteiger partial charge in [-0.2, -0.15) is 5.10 Å². The predicted octanol–water partition coefficient (Wildman–Crippen LogP) is 0.706. The molecular formula is C10H13N3O3. The number of hydrogen-bond donors (Lipinski definition) is 2. The third kappa shape index (κ3) is 1.66. The predicted molar refractivity (Wildman–Crippen MR) is 55.8 cm³/mol. The first kappa shape index (κ1) is 10.7. The second-order valence-electron chi connectivity index (χ2n) is 3.93. The molecule has 1 amide bonds. The van der Waals surface area contributed by atoms with Gasteiger partial charge in [0.1, 0.15) is 5.41 Å². The minimum Gasteiger partial charge on any atom is -0.480 e. The molecule has 0 spiro atoms. The van der Waals surface area contributed by atoms with Gasteiger partial charge in [-0.25, -0.2) is 0 Å². The molecule has 0 unspecified atom stereocenters. The summed E-state index contributed by atoms with van der Waals surface area (Å²) in [6.07, 6.45) is 4.02. The van der Waals surface area contributed by atoms with E-state index in [0.717, 1.165) is 0 Å². The van der Waals surface area contributed by atoms with E-state index < -0.39 is 17.3 Å². The lowest BCUT2D eigenvalue weighted by molar-refractivity contribution is -0.147. The van der Waals surface area contributed by atoms with Crippen molar-refractivity contribution >= 4 is 17.6 Å². The van der Waals surface area contributed by atoms with Crippen LogP contribution in [0.2, 0.25) is 0 Å². The Morgan fingerprint density at radius 1 is 1.62 bits per heavy atom. The van der Waals surface area contributed by atoms with Crippen molar-refractivity contribution in [2.75, 3.05) is 5.32 Å². The average Bonchev–Trinajstić information content (AvgIpc) is 2.95. The van der Waals surface area contributed by atoms with E-state index in [1.165, 1.54) is 6.20 Å². The van der Waals surface area contributed by atoms with E-state index in [1.807, 2.05) is 6.92 Å². The zero-order valence-corrected chi connectivity index (χ0v) is 8.93. The molecule has 0 aromatic carbocycles. The molecule has 1 fully saturated rings. The van der Waals surface area contributed by atoms with Gasteiger partial charge < -0.3 is 10.4 Å².